The largest absolute Gasteiger partial charge is 0.374 e. The lowest BCUT2D eigenvalue weighted by atomic mass is 10.2. The molecule has 162 valence electrons. The summed E-state index contributed by atoms with van der Waals surface area (Å²) in [6.45, 7) is 3.46. The van der Waals surface area contributed by atoms with E-state index in [1.165, 1.54) is 6.92 Å². The van der Waals surface area contributed by atoms with Gasteiger partial charge in [0.2, 0.25) is 11.8 Å². The highest BCUT2D eigenvalue weighted by atomic mass is 19.3. The molecule has 1 fully saturated rings. The molecule has 1 aliphatic rings. The Bertz CT molecular complexity index is 710. The van der Waals surface area contributed by atoms with Crippen LogP contribution in [0.2, 0.25) is 0 Å². The summed E-state index contributed by atoms with van der Waals surface area (Å²) in [5.74, 6) is -4.33. The molecule has 0 aromatic heterocycles. The number of halogens is 4. The molecule has 1 N–H and O–H groups in total. The number of alkyl halides is 4. The normalized spacial score (nSPS) is 16.1. The first kappa shape index (κ1) is 22.9. The lowest BCUT2D eigenvalue weighted by Gasteiger charge is -2.35. The molecular formula is C19H25F4N3O3. The molecule has 1 aliphatic heterocycles. The molecule has 1 aromatic carbocycles. The Morgan fingerprint density at radius 2 is 1.79 bits per heavy atom. The molecule has 0 radical (unpaired) electrons. The summed E-state index contributed by atoms with van der Waals surface area (Å²) in [6, 6.07) is 6.03. The van der Waals surface area contributed by atoms with E-state index in [0.717, 1.165) is 0 Å². The number of rotatable bonds is 8. The van der Waals surface area contributed by atoms with Crippen molar-refractivity contribution in [1.82, 2.24) is 9.80 Å². The second-order valence-corrected chi connectivity index (χ2v) is 6.95. The van der Waals surface area contributed by atoms with Crippen LogP contribution in [-0.4, -0.2) is 72.8 Å². The van der Waals surface area contributed by atoms with Crippen LogP contribution in [0.15, 0.2) is 24.3 Å². The molecule has 1 aromatic rings. The number of nitrogens with zero attached hydrogens (tertiary/aromatic N) is 2. The Balaban J connectivity index is 1.86. The van der Waals surface area contributed by atoms with Crippen LogP contribution in [-0.2, 0) is 20.9 Å². The molecule has 6 nitrogen and oxygen atoms in total. The van der Waals surface area contributed by atoms with E-state index in [0.29, 0.717) is 37.4 Å². The van der Waals surface area contributed by atoms with Crippen LogP contribution in [0.3, 0.4) is 0 Å². The van der Waals surface area contributed by atoms with E-state index < -0.39 is 25.0 Å². The number of benzene rings is 1. The zero-order valence-corrected chi connectivity index (χ0v) is 16.3. The average molecular weight is 419 g/mol. The summed E-state index contributed by atoms with van der Waals surface area (Å²) in [6.07, 6.45) is -3.78. The summed E-state index contributed by atoms with van der Waals surface area (Å²) in [4.78, 5) is 27.3. The predicted molar refractivity (Wildman–Crippen MR) is 99.0 cm³/mol. The van der Waals surface area contributed by atoms with Gasteiger partial charge in [0.05, 0.1) is 6.61 Å². The molecule has 0 bridgehead atoms. The second kappa shape index (κ2) is 9.91. The van der Waals surface area contributed by atoms with E-state index in [-0.39, 0.29) is 18.4 Å². The van der Waals surface area contributed by atoms with Gasteiger partial charge >= 0.3 is 12.3 Å². The van der Waals surface area contributed by atoms with Crippen molar-refractivity contribution in [2.75, 3.05) is 38.1 Å². The molecule has 1 atom stereocenters. The fourth-order valence-electron chi connectivity index (χ4n) is 2.95. The quantitative estimate of drug-likeness (QED) is 0.658. The van der Waals surface area contributed by atoms with Crippen molar-refractivity contribution in [3.63, 3.8) is 0 Å². The maximum absolute atomic E-state index is 12.9. The Morgan fingerprint density at radius 3 is 2.38 bits per heavy atom. The van der Waals surface area contributed by atoms with Crippen molar-refractivity contribution in [3.8, 4) is 0 Å². The molecule has 1 heterocycles. The zero-order valence-electron chi connectivity index (χ0n) is 16.3. The van der Waals surface area contributed by atoms with Gasteiger partial charge in [-0.15, -0.1) is 0 Å². The number of hydrogen-bond donors (Lipinski definition) is 1. The minimum atomic E-state index is -4.19. The molecule has 2 rings (SSSR count). The van der Waals surface area contributed by atoms with Crippen LogP contribution in [0.4, 0.5) is 23.2 Å². The molecular weight excluding hydrogens is 394 g/mol. The molecule has 1 unspecified atom stereocenters. The van der Waals surface area contributed by atoms with E-state index in [1.807, 2.05) is 0 Å². The molecule has 2 amide bonds. The van der Waals surface area contributed by atoms with Crippen LogP contribution in [0.25, 0.3) is 0 Å². The standard InChI is InChI=1S/C19H25F4N3O3/c1-13(17(28)26-8-6-25(7-9-26)14(2)27)24-16-5-3-4-15(10-16)11-29-12-19(22,23)18(20)21/h3-5,10,13,18,24H,6-9,11-12H2,1-2H3. The summed E-state index contributed by atoms with van der Waals surface area (Å²) < 4.78 is 54.8. The minimum Gasteiger partial charge on any atom is -0.374 e. The molecule has 0 spiro atoms. The van der Waals surface area contributed by atoms with Crippen molar-refractivity contribution < 1.29 is 31.9 Å². The summed E-state index contributed by atoms with van der Waals surface area (Å²) >= 11 is 0. The van der Waals surface area contributed by atoms with Gasteiger partial charge in [-0.05, 0) is 24.6 Å². The summed E-state index contributed by atoms with van der Waals surface area (Å²) in [5, 5.41) is 3.04. The fourth-order valence-corrected chi connectivity index (χ4v) is 2.95. The number of hydrogen-bond acceptors (Lipinski definition) is 4. The third-order valence-corrected chi connectivity index (χ3v) is 4.60. The van der Waals surface area contributed by atoms with E-state index in [4.69, 9.17) is 4.74 Å². The summed E-state index contributed by atoms with van der Waals surface area (Å²) in [7, 11) is 0. The minimum absolute atomic E-state index is 0.0198. The van der Waals surface area contributed by atoms with Crippen LogP contribution >= 0.6 is 0 Å². The second-order valence-electron chi connectivity index (χ2n) is 6.95. The Kier molecular flexibility index (Phi) is 7.83. The zero-order chi connectivity index (χ0) is 21.6. The highest BCUT2D eigenvalue weighted by Gasteiger charge is 2.40. The Morgan fingerprint density at radius 1 is 1.17 bits per heavy atom. The van der Waals surface area contributed by atoms with E-state index in [9.17, 15) is 27.2 Å². The molecule has 10 heteroatoms. The summed E-state index contributed by atoms with van der Waals surface area (Å²) in [5.41, 5.74) is 1.09. The van der Waals surface area contributed by atoms with Gasteiger partial charge in [-0.3, -0.25) is 9.59 Å². The predicted octanol–water partition coefficient (Wildman–Crippen LogP) is 2.59. The van der Waals surface area contributed by atoms with E-state index in [2.05, 4.69) is 5.32 Å². The van der Waals surface area contributed by atoms with Gasteiger partial charge in [0.15, 0.2) is 0 Å². The van der Waals surface area contributed by atoms with E-state index >= 15 is 0 Å². The Hall–Kier alpha value is -2.36. The lowest BCUT2D eigenvalue weighted by Crippen LogP contribution is -2.53. The van der Waals surface area contributed by atoms with Crippen molar-refractivity contribution in [1.29, 1.82) is 0 Å². The van der Waals surface area contributed by atoms with Crippen molar-refractivity contribution in [3.05, 3.63) is 29.8 Å². The maximum Gasteiger partial charge on any atom is 0.330 e. The first-order chi connectivity index (χ1) is 13.6. The topological polar surface area (TPSA) is 61.9 Å². The van der Waals surface area contributed by atoms with Crippen molar-refractivity contribution in [2.45, 2.75) is 38.8 Å². The van der Waals surface area contributed by atoms with Crippen LogP contribution < -0.4 is 5.32 Å². The number of carbonyl (C=O) groups excluding carboxylic acids is 2. The third kappa shape index (κ3) is 6.59. The van der Waals surface area contributed by atoms with Gasteiger partial charge in [0.25, 0.3) is 0 Å². The first-order valence-corrected chi connectivity index (χ1v) is 9.23. The number of piperazine rings is 1. The van der Waals surface area contributed by atoms with Gasteiger partial charge in [-0.1, -0.05) is 12.1 Å². The molecule has 29 heavy (non-hydrogen) atoms. The monoisotopic (exact) mass is 419 g/mol. The molecule has 0 aliphatic carbocycles. The number of carbonyl (C=O) groups is 2. The van der Waals surface area contributed by atoms with Gasteiger partial charge in [0.1, 0.15) is 12.6 Å². The average Bonchev–Trinajstić information content (AvgIpc) is 2.67. The third-order valence-electron chi connectivity index (χ3n) is 4.60. The van der Waals surface area contributed by atoms with Gasteiger partial charge in [-0.25, -0.2) is 8.78 Å². The van der Waals surface area contributed by atoms with Crippen LogP contribution in [0, 0.1) is 0 Å². The Labute approximate surface area is 166 Å². The smallest absolute Gasteiger partial charge is 0.330 e. The highest BCUT2D eigenvalue weighted by Crippen LogP contribution is 2.23. The van der Waals surface area contributed by atoms with E-state index in [1.54, 1.807) is 41.0 Å². The van der Waals surface area contributed by atoms with Gasteiger partial charge in [0, 0.05) is 38.8 Å². The van der Waals surface area contributed by atoms with Crippen LogP contribution in [0.5, 0.6) is 0 Å². The van der Waals surface area contributed by atoms with Crippen LogP contribution in [0.1, 0.15) is 19.4 Å². The molecule has 1 saturated heterocycles. The lowest BCUT2D eigenvalue weighted by molar-refractivity contribution is -0.168. The first-order valence-electron chi connectivity index (χ1n) is 9.23. The number of anilines is 1. The SMILES string of the molecule is CC(=O)N1CCN(C(=O)C(C)Nc2cccc(COCC(F)(F)C(F)F)c2)CC1. The van der Waals surface area contributed by atoms with Crippen molar-refractivity contribution in [2.24, 2.45) is 0 Å². The number of amides is 2. The highest BCUT2D eigenvalue weighted by molar-refractivity contribution is 5.84. The number of nitrogens with one attached hydrogen (secondary N) is 1. The number of ether oxygens (including phenoxy) is 1. The van der Waals surface area contributed by atoms with Crippen molar-refractivity contribution >= 4 is 17.5 Å². The molecule has 0 saturated carbocycles. The fraction of sp³-hybridized carbons (Fsp3) is 0.579. The maximum atomic E-state index is 12.9. The van der Waals surface area contributed by atoms with Gasteiger partial charge in [-0.2, -0.15) is 8.78 Å². The van der Waals surface area contributed by atoms with Gasteiger partial charge < -0.3 is 19.9 Å².